The predicted molar refractivity (Wildman–Crippen MR) is 67.9 cm³/mol. The Morgan fingerprint density at radius 3 is 3.12 bits per heavy atom. The van der Waals surface area contributed by atoms with E-state index in [9.17, 15) is 9.59 Å². The molecule has 0 spiro atoms. The van der Waals surface area contributed by atoms with Gasteiger partial charge in [-0.15, -0.1) is 0 Å². The molecular formula is C10H16N2O2S2. The van der Waals surface area contributed by atoms with Crippen LogP contribution in [0.5, 0.6) is 0 Å². The molecule has 90 valence electrons. The fraction of sp³-hybridized carbons (Fsp3) is 0.800. The van der Waals surface area contributed by atoms with Crippen molar-refractivity contribution in [2.45, 2.75) is 37.1 Å². The molecule has 0 radical (unpaired) electrons. The van der Waals surface area contributed by atoms with Crippen LogP contribution in [0.4, 0.5) is 4.79 Å². The lowest BCUT2D eigenvalue weighted by Gasteiger charge is -2.16. The Balaban J connectivity index is 1.70. The number of rotatable bonds is 4. The zero-order chi connectivity index (χ0) is 11.5. The fourth-order valence-corrected chi connectivity index (χ4v) is 4.29. The zero-order valence-electron chi connectivity index (χ0n) is 9.19. The van der Waals surface area contributed by atoms with Crippen molar-refractivity contribution in [1.82, 2.24) is 10.6 Å². The van der Waals surface area contributed by atoms with E-state index in [0.29, 0.717) is 17.3 Å². The van der Waals surface area contributed by atoms with Crippen molar-refractivity contribution in [3.63, 3.8) is 0 Å². The largest absolute Gasteiger partial charge is 0.332 e. The highest BCUT2D eigenvalue weighted by Gasteiger charge is 2.42. The highest BCUT2D eigenvalue weighted by Crippen LogP contribution is 2.33. The summed E-state index contributed by atoms with van der Waals surface area (Å²) in [6.07, 6.45) is 2.12. The molecule has 0 aromatic carbocycles. The third-order valence-electron chi connectivity index (χ3n) is 2.88. The van der Waals surface area contributed by atoms with E-state index in [-0.39, 0.29) is 11.1 Å². The summed E-state index contributed by atoms with van der Waals surface area (Å²) in [7, 11) is 0. The van der Waals surface area contributed by atoms with Crippen molar-refractivity contribution < 1.29 is 9.59 Å². The van der Waals surface area contributed by atoms with Gasteiger partial charge < -0.3 is 10.6 Å². The molecule has 2 heterocycles. The molecule has 2 fully saturated rings. The number of thioether (sulfide) groups is 2. The van der Waals surface area contributed by atoms with E-state index in [4.69, 9.17) is 0 Å². The van der Waals surface area contributed by atoms with Crippen LogP contribution in [-0.2, 0) is 4.79 Å². The lowest BCUT2D eigenvalue weighted by molar-refractivity contribution is -0.109. The van der Waals surface area contributed by atoms with Gasteiger partial charge in [0.1, 0.15) is 0 Å². The maximum absolute atomic E-state index is 11.1. The summed E-state index contributed by atoms with van der Waals surface area (Å²) in [5.74, 6) is 1.90. The van der Waals surface area contributed by atoms with Gasteiger partial charge in [0.05, 0.1) is 12.1 Å². The molecule has 0 saturated carbocycles. The van der Waals surface area contributed by atoms with Crippen LogP contribution >= 0.6 is 23.5 Å². The average molecular weight is 260 g/mol. The molecule has 2 saturated heterocycles. The van der Waals surface area contributed by atoms with E-state index >= 15 is 0 Å². The van der Waals surface area contributed by atoms with Crippen LogP contribution in [0.2, 0.25) is 0 Å². The van der Waals surface area contributed by atoms with Crippen molar-refractivity contribution in [3.05, 3.63) is 0 Å². The van der Waals surface area contributed by atoms with Gasteiger partial charge in [-0.25, -0.2) is 4.79 Å². The molecule has 2 aliphatic heterocycles. The van der Waals surface area contributed by atoms with E-state index in [1.54, 1.807) is 6.92 Å². The maximum Gasteiger partial charge on any atom is 0.315 e. The summed E-state index contributed by atoms with van der Waals surface area (Å²) in [5, 5.41) is 6.59. The minimum atomic E-state index is -0.0292. The standard InChI is InChI=1S/C10H16N2O2S2/c1-6(13)15-4-2-3-8-9-7(5-16-8)11-10(14)12-9/h7-9H,2-5H2,1H3,(H2,11,12,14). The number of hydrogen-bond donors (Lipinski definition) is 2. The van der Waals surface area contributed by atoms with Gasteiger partial charge in [-0.05, 0) is 12.8 Å². The van der Waals surface area contributed by atoms with Gasteiger partial charge in [0.25, 0.3) is 0 Å². The maximum atomic E-state index is 11.1. The lowest BCUT2D eigenvalue weighted by Crippen LogP contribution is -2.36. The molecule has 16 heavy (non-hydrogen) atoms. The summed E-state index contributed by atoms with van der Waals surface area (Å²) in [4.78, 5) is 21.9. The van der Waals surface area contributed by atoms with Crippen molar-refractivity contribution in [2.24, 2.45) is 0 Å². The molecule has 3 unspecified atom stereocenters. The molecule has 0 aliphatic carbocycles. The Morgan fingerprint density at radius 2 is 2.38 bits per heavy atom. The average Bonchev–Trinajstić information content (AvgIpc) is 2.72. The first-order valence-corrected chi connectivity index (χ1v) is 7.52. The highest BCUT2D eigenvalue weighted by molar-refractivity contribution is 8.13. The van der Waals surface area contributed by atoms with E-state index in [1.807, 2.05) is 11.8 Å². The number of fused-ring (bicyclic) bond motifs is 1. The Morgan fingerprint density at radius 1 is 1.56 bits per heavy atom. The zero-order valence-corrected chi connectivity index (χ0v) is 10.8. The van der Waals surface area contributed by atoms with Crippen LogP contribution in [0.15, 0.2) is 0 Å². The van der Waals surface area contributed by atoms with Gasteiger partial charge in [0, 0.05) is 23.7 Å². The lowest BCUT2D eigenvalue weighted by atomic mass is 10.1. The molecular weight excluding hydrogens is 244 g/mol. The number of hydrogen-bond acceptors (Lipinski definition) is 4. The number of nitrogens with one attached hydrogen (secondary N) is 2. The normalized spacial score (nSPS) is 32.1. The first kappa shape index (κ1) is 12.1. The van der Waals surface area contributed by atoms with Crippen molar-refractivity contribution >= 4 is 34.7 Å². The Bertz CT molecular complexity index is 299. The SMILES string of the molecule is CC(=O)SCCCC1SCC2NC(=O)NC21. The molecule has 4 nitrogen and oxygen atoms in total. The van der Waals surface area contributed by atoms with Crippen LogP contribution < -0.4 is 10.6 Å². The smallest absolute Gasteiger partial charge is 0.315 e. The van der Waals surface area contributed by atoms with E-state index in [0.717, 1.165) is 24.3 Å². The molecule has 0 aromatic rings. The van der Waals surface area contributed by atoms with Crippen LogP contribution in [0.25, 0.3) is 0 Å². The van der Waals surface area contributed by atoms with Gasteiger partial charge in [-0.3, -0.25) is 4.79 Å². The molecule has 6 heteroatoms. The third kappa shape index (κ3) is 2.85. The summed E-state index contributed by atoms with van der Waals surface area (Å²) in [6, 6.07) is 0.571. The number of carbonyl (C=O) groups is 2. The van der Waals surface area contributed by atoms with Crippen LogP contribution in [-0.4, -0.2) is 40.0 Å². The van der Waals surface area contributed by atoms with Crippen LogP contribution in [0.3, 0.4) is 0 Å². The van der Waals surface area contributed by atoms with Crippen molar-refractivity contribution in [2.75, 3.05) is 11.5 Å². The second kappa shape index (κ2) is 5.31. The Kier molecular flexibility index (Phi) is 4.02. The molecule has 0 bridgehead atoms. The highest BCUT2D eigenvalue weighted by atomic mass is 32.2. The van der Waals surface area contributed by atoms with Crippen LogP contribution in [0.1, 0.15) is 19.8 Å². The number of amides is 2. The van der Waals surface area contributed by atoms with Gasteiger partial charge in [-0.1, -0.05) is 11.8 Å². The summed E-state index contributed by atoms with van der Waals surface area (Å²) in [6.45, 7) is 1.60. The summed E-state index contributed by atoms with van der Waals surface area (Å²) < 4.78 is 0. The first-order valence-electron chi connectivity index (χ1n) is 5.49. The molecule has 2 N–H and O–H groups in total. The Labute approximate surface area is 104 Å². The van der Waals surface area contributed by atoms with Crippen molar-refractivity contribution in [3.8, 4) is 0 Å². The summed E-state index contributed by atoms with van der Waals surface area (Å²) >= 11 is 3.31. The quantitative estimate of drug-likeness (QED) is 0.589. The van der Waals surface area contributed by atoms with E-state index < -0.39 is 0 Å². The van der Waals surface area contributed by atoms with Crippen molar-refractivity contribution in [1.29, 1.82) is 0 Å². The van der Waals surface area contributed by atoms with Gasteiger partial charge in [-0.2, -0.15) is 11.8 Å². The second-order valence-electron chi connectivity index (χ2n) is 4.10. The summed E-state index contributed by atoms with van der Waals surface area (Å²) in [5.41, 5.74) is 0. The monoisotopic (exact) mass is 260 g/mol. The van der Waals surface area contributed by atoms with Gasteiger partial charge >= 0.3 is 6.03 Å². The molecule has 2 rings (SSSR count). The number of carbonyl (C=O) groups excluding carboxylic acids is 2. The molecule has 0 aromatic heterocycles. The minimum Gasteiger partial charge on any atom is -0.332 e. The predicted octanol–water partition coefficient (Wildman–Crippen LogP) is 1.21. The second-order valence-corrected chi connectivity index (χ2v) is 6.65. The van der Waals surface area contributed by atoms with Gasteiger partial charge in [0.2, 0.25) is 0 Å². The number of urea groups is 1. The van der Waals surface area contributed by atoms with Gasteiger partial charge in [0.15, 0.2) is 5.12 Å². The van der Waals surface area contributed by atoms with E-state index in [2.05, 4.69) is 10.6 Å². The molecule has 2 aliphatic rings. The van der Waals surface area contributed by atoms with Crippen LogP contribution in [0, 0.1) is 0 Å². The van der Waals surface area contributed by atoms with E-state index in [1.165, 1.54) is 11.8 Å². The minimum absolute atomic E-state index is 0.0292. The first-order chi connectivity index (χ1) is 7.66. The molecule has 2 amide bonds. The third-order valence-corrected chi connectivity index (χ3v) is 5.28. The molecule has 3 atom stereocenters. The Hall–Kier alpha value is -0.360. The fourth-order valence-electron chi connectivity index (χ4n) is 2.14. The topological polar surface area (TPSA) is 58.2 Å².